The van der Waals surface area contributed by atoms with Gasteiger partial charge in [-0.1, -0.05) is 0 Å². The maximum atomic E-state index is 13.5. The molecule has 0 radical (unpaired) electrons. The molecule has 0 amide bonds. The van der Waals surface area contributed by atoms with Gasteiger partial charge in [-0.25, -0.2) is 13.6 Å². The van der Waals surface area contributed by atoms with E-state index in [-0.39, 0.29) is 0 Å². The zero-order valence-corrected chi connectivity index (χ0v) is 9.39. The van der Waals surface area contributed by atoms with Crippen LogP contribution in [0.3, 0.4) is 0 Å². The van der Waals surface area contributed by atoms with Crippen molar-refractivity contribution in [3.8, 4) is 0 Å². The summed E-state index contributed by atoms with van der Waals surface area (Å²) in [6.07, 6.45) is 1.71. The quantitative estimate of drug-likeness (QED) is 0.835. The van der Waals surface area contributed by atoms with Gasteiger partial charge in [0.2, 0.25) is 0 Å². The largest absolute Gasteiger partial charge is 0.477 e. The molecule has 0 aliphatic carbocycles. The van der Waals surface area contributed by atoms with Gasteiger partial charge >= 0.3 is 5.97 Å². The molecule has 3 nitrogen and oxygen atoms in total. The number of halogens is 2. The average Bonchev–Trinajstić information content (AvgIpc) is 2.64. The van der Waals surface area contributed by atoms with Crippen LogP contribution in [0.25, 0.3) is 0 Å². The molecule has 0 saturated carbocycles. The van der Waals surface area contributed by atoms with E-state index in [1.807, 2.05) is 6.92 Å². The number of carboxylic acid groups (broad SMARTS) is 1. The first kappa shape index (κ1) is 12.0. The van der Waals surface area contributed by atoms with E-state index in [1.54, 1.807) is 0 Å². The second kappa shape index (κ2) is 4.07. The molecule has 17 heavy (non-hydrogen) atoms. The van der Waals surface area contributed by atoms with E-state index in [2.05, 4.69) is 5.32 Å². The zero-order chi connectivity index (χ0) is 12.6. The van der Waals surface area contributed by atoms with Crippen molar-refractivity contribution in [1.29, 1.82) is 0 Å². The van der Waals surface area contributed by atoms with Crippen molar-refractivity contribution >= 4 is 5.97 Å². The Morgan fingerprint density at radius 3 is 2.41 bits per heavy atom. The Hall–Kier alpha value is -1.49. The van der Waals surface area contributed by atoms with Crippen LogP contribution in [0.1, 0.15) is 35.7 Å². The van der Waals surface area contributed by atoms with Crippen LogP contribution in [0.4, 0.5) is 8.78 Å². The molecule has 1 fully saturated rings. The number of rotatable bonds is 2. The lowest BCUT2D eigenvalue weighted by Gasteiger charge is -2.25. The summed E-state index contributed by atoms with van der Waals surface area (Å²) in [6.45, 7) is 2.65. The van der Waals surface area contributed by atoms with Gasteiger partial charge in [-0.3, -0.25) is 0 Å². The van der Waals surface area contributed by atoms with Gasteiger partial charge in [-0.15, -0.1) is 0 Å². The third-order valence-electron chi connectivity index (χ3n) is 3.26. The van der Waals surface area contributed by atoms with Gasteiger partial charge in [0.15, 0.2) is 0 Å². The van der Waals surface area contributed by atoms with Crippen LogP contribution >= 0.6 is 0 Å². The summed E-state index contributed by atoms with van der Waals surface area (Å²) in [4.78, 5) is 10.7. The molecule has 0 aromatic heterocycles. The third-order valence-corrected chi connectivity index (χ3v) is 3.26. The van der Waals surface area contributed by atoms with Crippen molar-refractivity contribution in [1.82, 2.24) is 5.32 Å². The van der Waals surface area contributed by atoms with Crippen molar-refractivity contribution < 1.29 is 18.7 Å². The fourth-order valence-corrected chi connectivity index (χ4v) is 2.24. The Bertz CT molecular complexity index is 445. The number of carbonyl (C=O) groups is 1. The van der Waals surface area contributed by atoms with Crippen LogP contribution in [0.15, 0.2) is 12.1 Å². The Morgan fingerprint density at radius 1 is 1.41 bits per heavy atom. The van der Waals surface area contributed by atoms with Crippen molar-refractivity contribution in [3.05, 3.63) is 34.9 Å². The van der Waals surface area contributed by atoms with Gasteiger partial charge in [-0.05, 0) is 44.0 Å². The highest BCUT2D eigenvalue weighted by molar-refractivity contribution is 5.88. The smallest absolute Gasteiger partial charge is 0.341 e. The van der Waals surface area contributed by atoms with Crippen LogP contribution in [0.2, 0.25) is 0 Å². The molecular weight excluding hydrogens is 228 g/mol. The summed E-state index contributed by atoms with van der Waals surface area (Å²) >= 11 is 0. The summed E-state index contributed by atoms with van der Waals surface area (Å²) in [6, 6.07) is 2.20. The van der Waals surface area contributed by atoms with E-state index >= 15 is 0 Å². The normalized spacial score (nSPS) is 23.9. The van der Waals surface area contributed by atoms with Gasteiger partial charge in [0.25, 0.3) is 0 Å². The maximum absolute atomic E-state index is 13.5. The van der Waals surface area contributed by atoms with Crippen LogP contribution < -0.4 is 5.32 Å². The molecule has 1 saturated heterocycles. The Balaban J connectivity index is 2.48. The van der Waals surface area contributed by atoms with Gasteiger partial charge in [0.05, 0.1) is 0 Å². The predicted octanol–water partition coefficient (Wildman–Crippen LogP) is 2.26. The summed E-state index contributed by atoms with van der Waals surface area (Å²) in [5.41, 5.74) is -0.913. The lowest BCUT2D eigenvalue weighted by atomic mass is 9.89. The molecule has 5 heteroatoms. The molecule has 1 aromatic carbocycles. The maximum Gasteiger partial charge on any atom is 0.341 e. The van der Waals surface area contributed by atoms with E-state index < -0.39 is 28.7 Å². The topological polar surface area (TPSA) is 49.3 Å². The molecule has 0 spiro atoms. The van der Waals surface area contributed by atoms with Crippen LogP contribution in [-0.2, 0) is 5.54 Å². The highest BCUT2D eigenvalue weighted by Crippen LogP contribution is 2.32. The summed E-state index contributed by atoms with van der Waals surface area (Å²) in [5, 5.41) is 11.8. The molecule has 1 atom stereocenters. The molecular formula is C12H13F2NO2. The minimum atomic E-state index is -1.59. The van der Waals surface area contributed by atoms with Crippen LogP contribution in [0, 0.1) is 11.6 Å². The van der Waals surface area contributed by atoms with Gasteiger partial charge in [-0.2, -0.15) is 0 Å². The minimum Gasteiger partial charge on any atom is -0.477 e. The number of hydrogen-bond donors (Lipinski definition) is 2. The molecule has 1 heterocycles. The van der Waals surface area contributed by atoms with Crippen molar-refractivity contribution in [2.45, 2.75) is 25.3 Å². The number of benzene rings is 1. The highest BCUT2D eigenvalue weighted by Gasteiger charge is 2.32. The Morgan fingerprint density at radius 2 is 2.00 bits per heavy atom. The first-order chi connectivity index (χ1) is 7.94. The van der Waals surface area contributed by atoms with Crippen molar-refractivity contribution in [2.75, 3.05) is 6.54 Å². The second-order valence-corrected chi connectivity index (χ2v) is 4.48. The molecule has 1 unspecified atom stereocenters. The van der Waals surface area contributed by atoms with Crippen LogP contribution in [-0.4, -0.2) is 17.6 Å². The lowest BCUT2D eigenvalue weighted by Crippen LogP contribution is -2.33. The van der Waals surface area contributed by atoms with E-state index in [1.165, 1.54) is 0 Å². The van der Waals surface area contributed by atoms with Gasteiger partial charge in [0, 0.05) is 5.54 Å². The van der Waals surface area contributed by atoms with Crippen molar-refractivity contribution in [3.63, 3.8) is 0 Å². The molecule has 92 valence electrons. The first-order valence-corrected chi connectivity index (χ1v) is 5.42. The third kappa shape index (κ3) is 2.02. The molecule has 0 bridgehead atoms. The summed E-state index contributed by atoms with van der Waals surface area (Å²) < 4.78 is 27.1. The van der Waals surface area contributed by atoms with E-state index in [4.69, 9.17) is 5.11 Å². The van der Waals surface area contributed by atoms with Crippen LogP contribution in [0.5, 0.6) is 0 Å². The minimum absolute atomic E-state index is 0.454. The summed E-state index contributed by atoms with van der Waals surface area (Å²) in [7, 11) is 0. The van der Waals surface area contributed by atoms with E-state index in [0.717, 1.165) is 31.5 Å². The highest BCUT2D eigenvalue weighted by atomic mass is 19.1. The SMILES string of the molecule is CC1(c2cc(F)c(C(=O)O)c(F)c2)CCCN1. The molecule has 1 aliphatic rings. The molecule has 2 N–H and O–H groups in total. The molecule has 1 aliphatic heterocycles. The average molecular weight is 241 g/mol. The number of aromatic carboxylic acids is 1. The van der Waals surface area contributed by atoms with E-state index in [0.29, 0.717) is 5.56 Å². The molecule has 1 aromatic rings. The number of hydrogen-bond acceptors (Lipinski definition) is 2. The predicted molar refractivity (Wildman–Crippen MR) is 57.9 cm³/mol. The number of carboxylic acids is 1. The first-order valence-electron chi connectivity index (χ1n) is 5.42. The second-order valence-electron chi connectivity index (χ2n) is 4.48. The van der Waals surface area contributed by atoms with E-state index in [9.17, 15) is 13.6 Å². The fourth-order valence-electron chi connectivity index (χ4n) is 2.24. The Labute approximate surface area is 97.5 Å². The summed E-state index contributed by atoms with van der Waals surface area (Å²) in [5.74, 6) is -3.64. The molecule has 2 rings (SSSR count). The van der Waals surface area contributed by atoms with Gasteiger partial charge in [0.1, 0.15) is 17.2 Å². The standard InChI is InChI=1S/C12H13F2NO2/c1-12(3-2-4-15-12)7-5-8(13)10(11(16)17)9(14)6-7/h5-6,15H,2-4H2,1H3,(H,16,17). The fraction of sp³-hybridized carbons (Fsp3) is 0.417. The Kier molecular flexibility index (Phi) is 2.87. The van der Waals surface area contributed by atoms with Gasteiger partial charge < -0.3 is 10.4 Å². The zero-order valence-electron chi connectivity index (χ0n) is 9.39. The monoisotopic (exact) mass is 241 g/mol. The number of nitrogens with one attached hydrogen (secondary N) is 1. The van der Waals surface area contributed by atoms with Crippen molar-refractivity contribution in [2.24, 2.45) is 0 Å². The lowest BCUT2D eigenvalue weighted by molar-refractivity contribution is 0.0686.